The molecule has 1 aromatic rings. The summed E-state index contributed by atoms with van der Waals surface area (Å²) in [5.74, 6) is -0.197. The maximum Gasteiger partial charge on any atom is 0.150 e. The van der Waals surface area contributed by atoms with E-state index in [2.05, 4.69) is 5.32 Å². The number of halogens is 1. The number of benzene rings is 1. The Labute approximate surface area is 89.5 Å². The van der Waals surface area contributed by atoms with Crippen molar-refractivity contribution in [2.75, 3.05) is 13.1 Å². The van der Waals surface area contributed by atoms with Crippen LogP contribution in [-0.2, 0) is 11.2 Å². The van der Waals surface area contributed by atoms with Gasteiger partial charge in [-0.3, -0.25) is 4.79 Å². The molecule has 0 unspecified atom stereocenters. The van der Waals surface area contributed by atoms with Crippen molar-refractivity contribution in [2.24, 2.45) is 0 Å². The van der Waals surface area contributed by atoms with Crippen LogP contribution in [0.3, 0.4) is 0 Å². The summed E-state index contributed by atoms with van der Waals surface area (Å²) in [4.78, 5) is 11.4. The Morgan fingerprint density at radius 3 is 2.87 bits per heavy atom. The molecule has 0 aliphatic carbocycles. The third kappa shape index (κ3) is 3.80. The van der Waals surface area contributed by atoms with Crippen LogP contribution >= 0.6 is 0 Å². The van der Waals surface area contributed by atoms with Gasteiger partial charge in [-0.05, 0) is 36.7 Å². The number of hydrogen-bond acceptors (Lipinski definition) is 2. The molecule has 3 heteroatoms. The summed E-state index contributed by atoms with van der Waals surface area (Å²) in [5.41, 5.74) is 1.74. The molecular weight excluding hydrogens is 193 g/mol. The van der Waals surface area contributed by atoms with E-state index in [9.17, 15) is 9.18 Å². The summed E-state index contributed by atoms with van der Waals surface area (Å²) in [6.45, 7) is 4.95. The number of ketones is 1. The Morgan fingerprint density at radius 1 is 1.47 bits per heavy atom. The quantitative estimate of drug-likeness (QED) is 0.802. The average molecular weight is 209 g/mol. The Morgan fingerprint density at radius 2 is 2.20 bits per heavy atom. The standard InChI is InChI=1S/C12H16FNO/c1-3-14-8-12(15)7-10-6-11(13)5-4-9(10)2/h4-6,14H,3,7-8H2,1-2H3. The van der Waals surface area contributed by atoms with E-state index in [4.69, 9.17) is 0 Å². The molecule has 0 spiro atoms. The molecule has 0 fully saturated rings. The average Bonchev–Trinajstić information content (AvgIpc) is 2.20. The zero-order valence-corrected chi connectivity index (χ0v) is 9.14. The Kier molecular flexibility index (Phi) is 4.43. The van der Waals surface area contributed by atoms with E-state index < -0.39 is 0 Å². The Bertz CT molecular complexity index is 349. The van der Waals surface area contributed by atoms with Crippen molar-refractivity contribution in [3.63, 3.8) is 0 Å². The minimum atomic E-state index is -0.285. The zero-order chi connectivity index (χ0) is 11.3. The van der Waals surface area contributed by atoms with E-state index in [-0.39, 0.29) is 11.6 Å². The van der Waals surface area contributed by atoms with Crippen LogP contribution in [0.4, 0.5) is 4.39 Å². The highest BCUT2D eigenvalue weighted by Gasteiger charge is 2.06. The molecule has 0 saturated heterocycles. The summed E-state index contributed by atoms with van der Waals surface area (Å²) in [7, 11) is 0. The number of Topliss-reactive ketones (excluding diaryl/α,β-unsaturated/α-hetero) is 1. The summed E-state index contributed by atoms with van der Waals surface area (Å²) in [5, 5.41) is 2.96. The first-order chi connectivity index (χ1) is 7.13. The van der Waals surface area contributed by atoms with E-state index >= 15 is 0 Å². The monoisotopic (exact) mass is 209 g/mol. The molecule has 0 aliphatic rings. The summed E-state index contributed by atoms with van der Waals surface area (Å²) >= 11 is 0. The van der Waals surface area contributed by atoms with Gasteiger partial charge in [0.05, 0.1) is 6.54 Å². The van der Waals surface area contributed by atoms with E-state index in [0.29, 0.717) is 13.0 Å². The van der Waals surface area contributed by atoms with Crippen LogP contribution in [0.1, 0.15) is 18.1 Å². The predicted molar refractivity (Wildman–Crippen MR) is 58.4 cm³/mol. The molecule has 0 radical (unpaired) electrons. The lowest BCUT2D eigenvalue weighted by atomic mass is 10.0. The van der Waals surface area contributed by atoms with Crippen molar-refractivity contribution in [2.45, 2.75) is 20.3 Å². The van der Waals surface area contributed by atoms with Gasteiger partial charge in [0.2, 0.25) is 0 Å². The van der Waals surface area contributed by atoms with Crippen LogP contribution < -0.4 is 5.32 Å². The summed E-state index contributed by atoms with van der Waals surface area (Å²) in [6.07, 6.45) is 0.302. The molecule has 0 amide bonds. The molecule has 0 aliphatic heterocycles. The molecule has 0 aromatic heterocycles. The number of likely N-dealkylation sites (N-methyl/N-ethyl adjacent to an activating group) is 1. The lowest BCUT2D eigenvalue weighted by molar-refractivity contribution is -0.117. The largest absolute Gasteiger partial charge is 0.310 e. The number of rotatable bonds is 5. The van der Waals surface area contributed by atoms with Gasteiger partial charge in [0.25, 0.3) is 0 Å². The van der Waals surface area contributed by atoms with Gasteiger partial charge in [0.15, 0.2) is 5.78 Å². The van der Waals surface area contributed by atoms with Gasteiger partial charge in [-0.1, -0.05) is 13.0 Å². The number of carbonyl (C=O) groups excluding carboxylic acids is 1. The van der Waals surface area contributed by atoms with Crippen LogP contribution in [0, 0.1) is 12.7 Å². The maximum atomic E-state index is 12.9. The Balaban J connectivity index is 2.63. The van der Waals surface area contributed by atoms with Crippen molar-refractivity contribution in [3.05, 3.63) is 35.1 Å². The van der Waals surface area contributed by atoms with Crippen LogP contribution in [0.25, 0.3) is 0 Å². The fourth-order valence-corrected chi connectivity index (χ4v) is 1.37. The maximum absolute atomic E-state index is 12.9. The van der Waals surface area contributed by atoms with Gasteiger partial charge < -0.3 is 5.32 Å². The fraction of sp³-hybridized carbons (Fsp3) is 0.417. The third-order valence-electron chi connectivity index (χ3n) is 2.27. The van der Waals surface area contributed by atoms with Gasteiger partial charge in [-0.25, -0.2) is 4.39 Å². The van der Waals surface area contributed by atoms with Crippen molar-refractivity contribution in [1.82, 2.24) is 5.32 Å². The van der Waals surface area contributed by atoms with E-state index in [1.165, 1.54) is 12.1 Å². The number of aryl methyl sites for hydroxylation is 1. The first kappa shape index (κ1) is 11.9. The van der Waals surface area contributed by atoms with Crippen LogP contribution in [0.2, 0.25) is 0 Å². The third-order valence-corrected chi connectivity index (χ3v) is 2.27. The molecule has 0 bridgehead atoms. The molecule has 82 valence electrons. The second kappa shape index (κ2) is 5.61. The zero-order valence-electron chi connectivity index (χ0n) is 9.14. The lowest BCUT2D eigenvalue weighted by Crippen LogP contribution is -2.24. The van der Waals surface area contributed by atoms with Crippen molar-refractivity contribution >= 4 is 5.78 Å². The minimum Gasteiger partial charge on any atom is -0.310 e. The van der Waals surface area contributed by atoms with Crippen LogP contribution in [0.5, 0.6) is 0 Å². The normalized spacial score (nSPS) is 10.3. The van der Waals surface area contributed by atoms with Gasteiger partial charge in [-0.2, -0.15) is 0 Å². The van der Waals surface area contributed by atoms with Gasteiger partial charge in [0, 0.05) is 6.42 Å². The molecule has 1 rings (SSSR count). The van der Waals surface area contributed by atoms with Crippen LogP contribution in [-0.4, -0.2) is 18.9 Å². The Hall–Kier alpha value is -1.22. The SMILES string of the molecule is CCNCC(=O)Cc1cc(F)ccc1C. The second-order valence-electron chi connectivity index (χ2n) is 3.57. The highest BCUT2D eigenvalue weighted by atomic mass is 19.1. The lowest BCUT2D eigenvalue weighted by Gasteiger charge is -2.05. The highest BCUT2D eigenvalue weighted by molar-refractivity contribution is 5.83. The van der Waals surface area contributed by atoms with Crippen LogP contribution in [0.15, 0.2) is 18.2 Å². The number of hydrogen-bond donors (Lipinski definition) is 1. The van der Waals surface area contributed by atoms with Gasteiger partial charge >= 0.3 is 0 Å². The van der Waals surface area contributed by atoms with Crippen molar-refractivity contribution in [1.29, 1.82) is 0 Å². The van der Waals surface area contributed by atoms with Gasteiger partial charge in [-0.15, -0.1) is 0 Å². The predicted octanol–water partition coefficient (Wildman–Crippen LogP) is 1.86. The molecule has 15 heavy (non-hydrogen) atoms. The highest BCUT2D eigenvalue weighted by Crippen LogP contribution is 2.10. The van der Waals surface area contributed by atoms with Crippen molar-refractivity contribution < 1.29 is 9.18 Å². The molecule has 2 nitrogen and oxygen atoms in total. The van der Waals surface area contributed by atoms with E-state index in [0.717, 1.165) is 17.7 Å². The molecule has 0 atom stereocenters. The topological polar surface area (TPSA) is 29.1 Å². The minimum absolute atomic E-state index is 0.0885. The molecule has 1 N–H and O–H groups in total. The van der Waals surface area contributed by atoms with E-state index in [1.807, 2.05) is 13.8 Å². The smallest absolute Gasteiger partial charge is 0.150 e. The number of nitrogens with one attached hydrogen (secondary N) is 1. The van der Waals surface area contributed by atoms with Gasteiger partial charge in [0.1, 0.15) is 5.82 Å². The molecule has 0 heterocycles. The van der Waals surface area contributed by atoms with Crippen molar-refractivity contribution in [3.8, 4) is 0 Å². The summed E-state index contributed by atoms with van der Waals surface area (Å²) in [6, 6.07) is 4.54. The first-order valence-electron chi connectivity index (χ1n) is 5.11. The molecular formula is C12H16FNO. The second-order valence-corrected chi connectivity index (χ2v) is 3.57. The summed E-state index contributed by atoms with van der Waals surface area (Å²) < 4.78 is 12.9. The fourth-order valence-electron chi connectivity index (χ4n) is 1.37. The molecule has 0 saturated carbocycles. The number of carbonyl (C=O) groups is 1. The van der Waals surface area contributed by atoms with E-state index in [1.54, 1.807) is 6.07 Å². The first-order valence-corrected chi connectivity index (χ1v) is 5.11. The molecule has 1 aromatic carbocycles.